The van der Waals surface area contributed by atoms with E-state index in [2.05, 4.69) is 5.43 Å². The Balaban J connectivity index is 1.80. The first-order valence-electron chi connectivity index (χ1n) is 8.27. The largest absolute Gasteiger partial charge is 0.496 e. The molecule has 0 saturated carbocycles. The molecule has 1 fully saturated rings. The fraction of sp³-hybridized carbons (Fsp3) is 0.0476. The Morgan fingerprint density at radius 2 is 1.74 bits per heavy atom. The normalized spacial score (nSPS) is 15.5. The van der Waals surface area contributed by atoms with E-state index in [1.165, 1.54) is 5.01 Å². The molecule has 0 radical (unpaired) electrons. The number of amides is 2. The summed E-state index contributed by atoms with van der Waals surface area (Å²) in [6.07, 6.45) is 1.58. The first kappa shape index (κ1) is 17.1. The number of nitrogens with one attached hydrogen (secondary N) is 1. The van der Waals surface area contributed by atoms with Gasteiger partial charge >= 0.3 is 0 Å². The van der Waals surface area contributed by atoms with Crippen LogP contribution in [-0.4, -0.2) is 18.9 Å². The maximum absolute atomic E-state index is 12.8. The standard InChI is InChI=1S/C21H15ClN2O3/c1-27-19-11-6-13-4-2-3-5-16(13)17(19)12-18-20(25)23-24(21(18)26)15-9-7-14(22)8-10-15/h2-12H,1H3,(H,23,25). The van der Waals surface area contributed by atoms with Gasteiger partial charge in [-0.1, -0.05) is 41.9 Å². The van der Waals surface area contributed by atoms with Crippen molar-refractivity contribution < 1.29 is 14.3 Å². The van der Waals surface area contributed by atoms with Crippen molar-refractivity contribution in [3.8, 4) is 5.75 Å². The van der Waals surface area contributed by atoms with Crippen LogP contribution in [0.2, 0.25) is 5.02 Å². The van der Waals surface area contributed by atoms with Crippen LogP contribution in [0, 0.1) is 0 Å². The minimum absolute atomic E-state index is 0.0413. The average Bonchev–Trinajstić information content (AvgIpc) is 2.97. The lowest BCUT2D eigenvalue weighted by atomic mass is 10.0. The maximum atomic E-state index is 12.8. The molecule has 0 unspecified atom stereocenters. The monoisotopic (exact) mass is 378 g/mol. The van der Waals surface area contributed by atoms with E-state index < -0.39 is 11.8 Å². The summed E-state index contributed by atoms with van der Waals surface area (Å²) < 4.78 is 5.44. The van der Waals surface area contributed by atoms with Crippen LogP contribution in [0.15, 0.2) is 66.2 Å². The van der Waals surface area contributed by atoms with Crippen LogP contribution in [0.5, 0.6) is 5.75 Å². The summed E-state index contributed by atoms with van der Waals surface area (Å²) in [4.78, 5) is 25.3. The second kappa shape index (κ2) is 6.78. The molecule has 1 saturated heterocycles. The average molecular weight is 379 g/mol. The molecule has 1 heterocycles. The summed E-state index contributed by atoms with van der Waals surface area (Å²) in [7, 11) is 1.56. The zero-order valence-corrected chi connectivity index (χ0v) is 15.2. The molecule has 1 aliphatic heterocycles. The zero-order valence-electron chi connectivity index (χ0n) is 14.4. The summed E-state index contributed by atoms with van der Waals surface area (Å²) >= 11 is 5.89. The van der Waals surface area contributed by atoms with Gasteiger partial charge in [0.1, 0.15) is 11.3 Å². The SMILES string of the molecule is COc1ccc2ccccc2c1C=C1C(=O)NN(c2ccc(Cl)cc2)C1=O. The summed E-state index contributed by atoms with van der Waals surface area (Å²) in [6, 6.07) is 18.1. The first-order valence-corrected chi connectivity index (χ1v) is 8.65. The van der Waals surface area contributed by atoms with E-state index in [-0.39, 0.29) is 5.57 Å². The fourth-order valence-corrected chi connectivity index (χ4v) is 3.20. The molecule has 0 aliphatic carbocycles. The minimum atomic E-state index is -0.468. The predicted molar refractivity (Wildman–Crippen MR) is 106 cm³/mol. The van der Waals surface area contributed by atoms with Crippen molar-refractivity contribution in [1.29, 1.82) is 0 Å². The highest BCUT2D eigenvalue weighted by Gasteiger charge is 2.34. The van der Waals surface area contributed by atoms with E-state index in [9.17, 15) is 9.59 Å². The maximum Gasteiger partial charge on any atom is 0.282 e. The molecular formula is C21H15ClN2O3. The van der Waals surface area contributed by atoms with Crippen LogP contribution >= 0.6 is 11.6 Å². The van der Waals surface area contributed by atoms with Crippen molar-refractivity contribution in [1.82, 2.24) is 5.43 Å². The van der Waals surface area contributed by atoms with Gasteiger partial charge in [0.25, 0.3) is 11.8 Å². The molecule has 4 rings (SSSR count). The van der Waals surface area contributed by atoms with Gasteiger partial charge in [0.2, 0.25) is 0 Å². The second-order valence-corrected chi connectivity index (χ2v) is 6.45. The number of ether oxygens (including phenoxy) is 1. The van der Waals surface area contributed by atoms with Crippen molar-refractivity contribution in [2.24, 2.45) is 0 Å². The third-order valence-corrected chi connectivity index (χ3v) is 4.67. The topological polar surface area (TPSA) is 58.6 Å². The molecule has 0 aromatic heterocycles. The number of methoxy groups -OCH3 is 1. The Kier molecular flexibility index (Phi) is 4.30. The molecule has 1 N–H and O–H groups in total. The smallest absolute Gasteiger partial charge is 0.282 e. The molecule has 3 aromatic carbocycles. The lowest BCUT2D eigenvalue weighted by molar-refractivity contribution is -0.117. The van der Waals surface area contributed by atoms with Gasteiger partial charge in [-0.3, -0.25) is 15.0 Å². The minimum Gasteiger partial charge on any atom is -0.496 e. The van der Waals surface area contributed by atoms with Crippen LogP contribution in [0.3, 0.4) is 0 Å². The quantitative estimate of drug-likeness (QED) is 0.554. The van der Waals surface area contributed by atoms with Crippen molar-refractivity contribution in [2.45, 2.75) is 0 Å². The molecule has 134 valence electrons. The Hall–Kier alpha value is -3.31. The van der Waals surface area contributed by atoms with Crippen molar-refractivity contribution in [3.63, 3.8) is 0 Å². The number of nitrogens with zero attached hydrogens (tertiary/aromatic N) is 1. The predicted octanol–water partition coefficient (Wildman–Crippen LogP) is 3.96. The number of rotatable bonds is 3. The zero-order chi connectivity index (χ0) is 19.0. The van der Waals surface area contributed by atoms with Crippen molar-refractivity contribution >= 4 is 46.0 Å². The third kappa shape index (κ3) is 3.02. The number of hydrogen-bond donors (Lipinski definition) is 1. The number of benzene rings is 3. The fourth-order valence-electron chi connectivity index (χ4n) is 3.08. The Morgan fingerprint density at radius 1 is 1.00 bits per heavy atom. The van der Waals surface area contributed by atoms with E-state index >= 15 is 0 Å². The molecule has 0 atom stereocenters. The molecule has 3 aromatic rings. The summed E-state index contributed by atoms with van der Waals surface area (Å²) in [5, 5.41) is 3.65. The van der Waals surface area contributed by atoms with Gasteiger partial charge in [0.15, 0.2) is 0 Å². The van der Waals surface area contributed by atoms with Crippen LogP contribution in [0.1, 0.15) is 5.56 Å². The molecule has 2 amide bonds. The van der Waals surface area contributed by atoms with Gasteiger partial charge in [-0.25, -0.2) is 5.01 Å². The van der Waals surface area contributed by atoms with E-state index in [1.54, 1.807) is 37.5 Å². The van der Waals surface area contributed by atoms with E-state index in [0.29, 0.717) is 22.0 Å². The lowest BCUT2D eigenvalue weighted by Gasteiger charge is -2.14. The van der Waals surface area contributed by atoms with E-state index in [1.807, 2.05) is 36.4 Å². The number of hydrazine groups is 1. The molecule has 0 bridgehead atoms. The number of hydrogen-bond acceptors (Lipinski definition) is 3. The Morgan fingerprint density at radius 3 is 2.48 bits per heavy atom. The highest BCUT2D eigenvalue weighted by Crippen LogP contribution is 2.31. The van der Waals surface area contributed by atoms with Gasteiger partial charge in [-0.05, 0) is 47.2 Å². The third-order valence-electron chi connectivity index (χ3n) is 4.42. The van der Waals surface area contributed by atoms with E-state index in [4.69, 9.17) is 16.3 Å². The van der Waals surface area contributed by atoms with Crippen molar-refractivity contribution in [2.75, 3.05) is 12.1 Å². The molecule has 27 heavy (non-hydrogen) atoms. The number of halogens is 1. The molecule has 1 aliphatic rings. The molecular weight excluding hydrogens is 364 g/mol. The van der Waals surface area contributed by atoms with Crippen LogP contribution in [0.4, 0.5) is 5.69 Å². The van der Waals surface area contributed by atoms with Crippen LogP contribution in [0.25, 0.3) is 16.8 Å². The molecule has 5 nitrogen and oxygen atoms in total. The lowest BCUT2D eigenvalue weighted by Crippen LogP contribution is -2.35. The van der Waals surface area contributed by atoms with Gasteiger partial charge in [-0.2, -0.15) is 0 Å². The Bertz CT molecular complexity index is 1090. The van der Waals surface area contributed by atoms with Crippen molar-refractivity contribution in [3.05, 3.63) is 76.8 Å². The van der Waals surface area contributed by atoms with Gasteiger partial charge in [0.05, 0.1) is 12.8 Å². The van der Waals surface area contributed by atoms with Gasteiger partial charge in [0, 0.05) is 10.6 Å². The highest BCUT2D eigenvalue weighted by molar-refractivity contribution is 6.32. The molecule has 6 heteroatoms. The molecule has 0 spiro atoms. The summed E-state index contributed by atoms with van der Waals surface area (Å²) in [6.45, 7) is 0. The van der Waals surface area contributed by atoms with Crippen LogP contribution in [-0.2, 0) is 9.59 Å². The van der Waals surface area contributed by atoms with Crippen LogP contribution < -0.4 is 15.2 Å². The number of anilines is 1. The van der Waals surface area contributed by atoms with Gasteiger partial charge < -0.3 is 4.74 Å². The highest BCUT2D eigenvalue weighted by atomic mass is 35.5. The number of fused-ring (bicyclic) bond motifs is 1. The number of carbonyl (C=O) groups is 2. The first-order chi connectivity index (χ1) is 13.1. The number of carbonyl (C=O) groups excluding carboxylic acids is 2. The second-order valence-electron chi connectivity index (χ2n) is 6.02. The summed E-state index contributed by atoms with van der Waals surface area (Å²) in [5.74, 6) is -0.311. The van der Waals surface area contributed by atoms with Gasteiger partial charge in [-0.15, -0.1) is 0 Å². The Labute approximate surface area is 160 Å². The summed E-state index contributed by atoms with van der Waals surface area (Å²) in [5.41, 5.74) is 3.85. The van der Waals surface area contributed by atoms with E-state index in [0.717, 1.165) is 10.8 Å².